The van der Waals surface area contributed by atoms with Gasteiger partial charge in [-0.3, -0.25) is 4.79 Å². The van der Waals surface area contributed by atoms with Crippen LogP contribution in [0.5, 0.6) is 0 Å². The van der Waals surface area contributed by atoms with E-state index in [0.717, 1.165) is 31.5 Å². The van der Waals surface area contributed by atoms with Gasteiger partial charge in [-0.15, -0.1) is 0 Å². The highest BCUT2D eigenvalue weighted by atomic mass is 16.2. The third kappa shape index (κ3) is 1.97. The van der Waals surface area contributed by atoms with Crippen LogP contribution in [0, 0.1) is 5.92 Å². The van der Waals surface area contributed by atoms with Crippen LogP contribution in [-0.4, -0.2) is 12.5 Å². The zero-order valence-corrected chi connectivity index (χ0v) is 10.1. The monoisotopic (exact) mass is 217 g/mol. The average Bonchev–Trinajstić information content (AvgIpc) is 2.72. The maximum Gasteiger partial charge on any atom is 0.229 e. The van der Waals surface area contributed by atoms with Crippen LogP contribution in [-0.2, 0) is 11.2 Å². The molecule has 1 atom stereocenters. The molecule has 2 rings (SSSR count). The number of nitrogens with zero attached hydrogens (tertiary/aromatic N) is 1. The third-order valence-corrected chi connectivity index (χ3v) is 3.30. The van der Waals surface area contributed by atoms with Crippen molar-refractivity contribution >= 4 is 11.6 Å². The first-order chi connectivity index (χ1) is 7.74. The van der Waals surface area contributed by atoms with Crippen molar-refractivity contribution < 1.29 is 4.79 Å². The molecule has 1 aromatic rings. The SMILES string of the molecule is CCC[C@H](C)C(=O)N1CCc2ccccc21. The van der Waals surface area contributed by atoms with E-state index in [1.807, 2.05) is 24.0 Å². The second kappa shape index (κ2) is 4.69. The van der Waals surface area contributed by atoms with Gasteiger partial charge in [0.2, 0.25) is 5.91 Å². The lowest BCUT2D eigenvalue weighted by molar-refractivity contribution is -0.122. The van der Waals surface area contributed by atoms with Gasteiger partial charge in [0.25, 0.3) is 0 Å². The molecule has 2 nitrogen and oxygen atoms in total. The van der Waals surface area contributed by atoms with Crippen LogP contribution in [0.15, 0.2) is 24.3 Å². The van der Waals surface area contributed by atoms with Crippen LogP contribution in [0.3, 0.4) is 0 Å². The Morgan fingerprint density at radius 3 is 2.94 bits per heavy atom. The van der Waals surface area contributed by atoms with E-state index in [2.05, 4.69) is 19.1 Å². The van der Waals surface area contributed by atoms with E-state index >= 15 is 0 Å². The maximum atomic E-state index is 12.2. The molecule has 0 saturated heterocycles. The molecule has 0 bridgehead atoms. The molecule has 0 radical (unpaired) electrons. The van der Waals surface area contributed by atoms with E-state index in [4.69, 9.17) is 0 Å². The number of carbonyl (C=O) groups is 1. The molecule has 1 aromatic carbocycles. The lowest BCUT2D eigenvalue weighted by Gasteiger charge is -2.21. The lowest BCUT2D eigenvalue weighted by atomic mass is 10.0. The fraction of sp³-hybridized carbons (Fsp3) is 0.500. The Balaban J connectivity index is 2.16. The van der Waals surface area contributed by atoms with Crippen LogP contribution < -0.4 is 4.90 Å². The van der Waals surface area contributed by atoms with Crippen molar-refractivity contribution in [1.82, 2.24) is 0 Å². The van der Waals surface area contributed by atoms with Gasteiger partial charge in [0, 0.05) is 18.2 Å². The van der Waals surface area contributed by atoms with Gasteiger partial charge < -0.3 is 4.90 Å². The second-order valence-corrected chi connectivity index (χ2v) is 4.56. The molecular formula is C14H19NO. The predicted molar refractivity (Wildman–Crippen MR) is 66.6 cm³/mol. The minimum absolute atomic E-state index is 0.149. The minimum atomic E-state index is 0.149. The Morgan fingerprint density at radius 2 is 2.19 bits per heavy atom. The van der Waals surface area contributed by atoms with Crippen molar-refractivity contribution in [3.8, 4) is 0 Å². The van der Waals surface area contributed by atoms with Crippen molar-refractivity contribution in [3.05, 3.63) is 29.8 Å². The Labute approximate surface area is 97.3 Å². The highest BCUT2D eigenvalue weighted by Crippen LogP contribution is 2.29. The molecule has 1 heterocycles. The third-order valence-electron chi connectivity index (χ3n) is 3.30. The molecule has 86 valence electrons. The lowest BCUT2D eigenvalue weighted by Crippen LogP contribution is -2.33. The van der Waals surface area contributed by atoms with E-state index in [9.17, 15) is 4.79 Å². The molecule has 0 saturated carbocycles. The van der Waals surface area contributed by atoms with Gasteiger partial charge >= 0.3 is 0 Å². The molecule has 0 spiro atoms. The molecule has 0 aromatic heterocycles. The number of benzene rings is 1. The van der Waals surface area contributed by atoms with Gasteiger partial charge in [0.15, 0.2) is 0 Å². The summed E-state index contributed by atoms with van der Waals surface area (Å²) in [6.07, 6.45) is 3.06. The number of hydrogen-bond donors (Lipinski definition) is 0. The van der Waals surface area contributed by atoms with Gasteiger partial charge in [0.05, 0.1) is 0 Å². The molecule has 0 aliphatic carbocycles. The maximum absolute atomic E-state index is 12.2. The van der Waals surface area contributed by atoms with Gasteiger partial charge in [-0.2, -0.15) is 0 Å². The highest BCUT2D eigenvalue weighted by molar-refractivity contribution is 5.96. The minimum Gasteiger partial charge on any atom is -0.312 e. The smallest absolute Gasteiger partial charge is 0.229 e. The summed E-state index contributed by atoms with van der Waals surface area (Å²) in [4.78, 5) is 14.2. The van der Waals surface area contributed by atoms with E-state index in [1.54, 1.807) is 0 Å². The standard InChI is InChI=1S/C14H19NO/c1-3-6-11(2)14(16)15-10-9-12-7-4-5-8-13(12)15/h4-5,7-8,11H,3,6,9-10H2,1-2H3/t11-/m0/s1. The van der Waals surface area contributed by atoms with Crippen LogP contribution in [0.4, 0.5) is 5.69 Å². The summed E-state index contributed by atoms with van der Waals surface area (Å²) < 4.78 is 0. The molecule has 0 unspecified atom stereocenters. The summed E-state index contributed by atoms with van der Waals surface area (Å²) in [6, 6.07) is 8.23. The van der Waals surface area contributed by atoms with Crippen molar-refractivity contribution in [2.45, 2.75) is 33.1 Å². The normalized spacial score (nSPS) is 16.0. The molecule has 1 amide bonds. The van der Waals surface area contributed by atoms with E-state index in [1.165, 1.54) is 5.56 Å². The van der Waals surface area contributed by atoms with Crippen molar-refractivity contribution in [1.29, 1.82) is 0 Å². The zero-order chi connectivity index (χ0) is 11.5. The van der Waals surface area contributed by atoms with Gasteiger partial charge in [0.1, 0.15) is 0 Å². The molecule has 2 heteroatoms. The predicted octanol–water partition coefficient (Wildman–Crippen LogP) is 3.01. The zero-order valence-electron chi connectivity index (χ0n) is 10.1. The number of rotatable bonds is 3. The first-order valence-corrected chi connectivity index (χ1v) is 6.13. The van der Waals surface area contributed by atoms with Crippen LogP contribution in [0.25, 0.3) is 0 Å². The second-order valence-electron chi connectivity index (χ2n) is 4.56. The average molecular weight is 217 g/mol. The fourth-order valence-corrected chi connectivity index (χ4v) is 2.39. The number of anilines is 1. The number of fused-ring (bicyclic) bond motifs is 1. The Morgan fingerprint density at radius 1 is 1.44 bits per heavy atom. The largest absolute Gasteiger partial charge is 0.312 e. The Bertz CT molecular complexity index is 386. The topological polar surface area (TPSA) is 20.3 Å². The van der Waals surface area contributed by atoms with E-state index in [-0.39, 0.29) is 11.8 Å². The van der Waals surface area contributed by atoms with Crippen LogP contribution >= 0.6 is 0 Å². The number of para-hydroxylation sites is 1. The first-order valence-electron chi connectivity index (χ1n) is 6.13. The Hall–Kier alpha value is -1.31. The summed E-state index contributed by atoms with van der Waals surface area (Å²) in [7, 11) is 0. The summed E-state index contributed by atoms with van der Waals surface area (Å²) in [5.74, 6) is 0.433. The molecule has 1 aliphatic heterocycles. The van der Waals surface area contributed by atoms with Crippen LogP contribution in [0.2, 0.25) is 0 Å². The van der Waals surface area contributed by atoms with E-state index in [0.29, 0.717) is 0 Å². The highest BCUT2D eigenvalue weighted by Gasteiger charge is 2.26. The Kier molecular flexibility index (Phi) is 3.28. The van der Waals surface area contributed by atoms with Crippen molar-refractivity contribution in [3.63, 3.8) is 0 Å². The van der Waals surface area contributed by atoms with Gasteiger partial charge in [-0.1, -0.05) is 38.5 Å². The van der Waals surface area contributed by atoms with Crippen LogP contribution in [0.1, 0.15) is 32.3 Å². The number of amides is 1. The molecular weight excluding hydrogens is 198 g/mol. The van der Waals surface area contributed by atoms with Crippen molar-refractivity contribution in [2.75, 3.05) is 11.4 Å². The molecule has 16 heavy (non-hydrogen) atoms. The number of hydrogen-bond acceptors (Lipinski definition) is 1. The quantitative estimate of drug-likeness (QED) is 0.762. The van der Waals surface area contributed by atoms with Gasteiger partial charge in [-0.25, -0.2) is 0 Å². The number of carbonyl (C=O) groups excluding carboxylic acids is 1. The summed E-state index contributed by atoms with van der Waals surface area (Å²) in [6.45, 7) is 5.01. The molecule has 1 aliphatic rings. The first kappa shape index (κ1) is 11.2. The molecule has 0 fully saturated rings. The van der Waals surface area contributed by atoms with E-state index < -0.39 is 0 Å². The fourth-order valence-electron chi connectivity index (χ4n) is 2.39. The van der Waals surface area contributed by atoms with Crippen molar-refractivity contribution in [2.24, 2.45) is 5.92 Å². The molecule has 0 N–H and O–H groups in total. The van der Waals surface area contributed by atoms with Gasteiger partial charge in [-0.05, 0) is 24.5 Å². The summed E-state index contributed by atoms with van der Waals surface area (Å²) in [5.41, 5.74) is 2.43. The summed E-state index contributed by atoms with van der Waals surface area (Å²) in [5, 5.41) is 0. The summed E-state index contributed by atoms with van der Waals surface area (Å²) >= 11 is 0.